The lowest BCUT2D eigenvalue weighted by Gasteiger charge is -2.38. The van der Waals surface area contributed by atoms with Crippen LogP contribution in [0.1, 0.15) is 28.4 Å². The van der Waals surface area contributed by atoms with E-state index in [1.807, 2.05) is 39.0 Å². The predicted molar refractivity (Wildman–Crippen MR) is 107 cm³/mol. The van der Waals surface area contributed by atoms with Crippen LogP contribution in [0, 0.1) is 26.7 Å². The fourth-order valence-electron chi connectivity index (χ4n) is 3.46. The number of carbonyl (C=O) groups is 2. The number of nitrogens with zero attached hydrogens (tertiary/aromatic N) is 3. The lowest BCUT2D eigenvalue weighted by atomic mass is 9.97. The molecule has 146 valence electrons. The number of hydrogen-bond donors (Lipinski definition) is 1. The van der Waals surface area contributed by atoms with Crippen molar-refractivity contribution in [1.29, 1.82) is 0 Å². The van der Waals surface area contributed by atoms with Crippen molar-refractivity contribution in [3.05, 3.63) is 40.2 Å². The van der Waals surface area contributed by atoms with Crippen LogP contribution < -0.4 is 5.32 Å². The first-order valence-electron chi connectivity index (χ1n) is 9.28. The van der Waals surface area contributed by atoms with E-state index in [2.05, 4.69) is 15.5 Å². The van der Waals surface area contributed by atoms with E-state index in [0.717, 1.165) is 37.9 Å². The Bertz CT molecular complexity index is 1030. The zero-order valence-corrected chi connectivity index (χ0v) is 16.9. The van der Waals surface area contributed by atoms with Gasteiger partial charge in [0.15, 0.2) is 0 Å². The number of rotatable bonds is 5. The standard InChI is InChI=1S/C20H22N4O3S/c1-11-16(12(2)27-23-11)5-7-19(25)24-9-14(10-24)20(26)22-15-4-6-17-18(8-15)28-13(3)21-17/h4,6,8,14H,5,7,9-10H2,1-3H3,(H,22,26). The maximum Gasteiger partial charge on any atom is 0.231 e. The Balaban J connectivity index is 1.28. The van der Waals surface area contributed by atoms with Gasteiger partial charge < -0.3 is 14.7 Å². The summed E-state index contributed by atoms with van der Waals surface area (Å²) in [6.45, 7) is 6.64. The minimum absolute atomic E-state index is 0.0460. The molecule has 0 bridgehead atoms. The molecule has 1 N–H and O–H groups in total. The van der Waals surface area contributed by atoms with Gasteiger partial charge in [0, 0.05) is 30.8 Å². The summed E-state index contributed by atoms with van der Waals surface area (Å²) in [5, 5.41) is 7.87. The lowest BCUT2D eigenvalue weighted by Crippen LogP contribution is -2.54. The van der Waals surface area contributed by atoms with Gasteiger partial charge in [0.25, 0.3) is 0 Å². The summed E-state index contributed by atoms with van der Waals surface area (Å²) in [5.41, 5.74) is 3.54. The maximum atomic E-state index is 12.5. The van der Waals surface area contributed by atoms with Gasteiger partial charge in [-0.1, -0.05) is 5.16 Å². The van der Waals surface area contributed by atoms with E-state index in [0.29, 0.717) is 25.9 Å². The van der Waals surface area contributed by atoms with Crippen LogP contribution in [0.2, 0.25) is 0 Å². The number of fused-ring (bicyclic) bond motifs is 1. The van der Waals surface area contributed by atoms with Gasteiger partial charge >= 0.3 is 0 Å². The van der Waals surface area contributed by atoms with Gasteiger partial charge in [0.2, 0.25) is 11.8 Å². The van der Waals surface area contributed by atoms with Crippen LogP contribution in [-0.2, 0) is 16.0 Å². The van der Waals surface area contributed by atoms with Gasteiger partial charge in [0.05, 0.1) is 26.8 Å². The van der Waals surface area contributed by atoms with Crippen LogP contribution in [0.15, 0.2) is 22.7 Å². The minimum atomic E-state index is -0.165. The van der Waals surface area contributed by atoms with Crippen LogP contribution in [-0.4, -0.2) is 39.9 Å². The van der Waals surface area contributed by atoms with Crippen molar-refractivity contribution in [2.45, 2.75) is 33.6 Å². The van der Waals surface area contributed by atoms with Gasteiger partial charge in [-0.05, 0) is 45.4 Å². The molecule has 0 radical (unpaired) electrons. The number of amides is 2. The summed E-state index contributed by atoms with van der Waals surface area (Å²) in [5.74, 6) is 0.613. The molecule has 1 aliphatic rings. The van der Waals surface area contributed by atoms with Crippen LogP contribution in [0.4, 0.5) is 5.69 Å². The molecule has 3 aromatic rings. The molecule has 28 heavy (non-hydrogen) atoms. The van der Waals surface area contributed by atoms with Crippen molar-refractivity contribution in [1.82, 2.24) is 15.0 Å². The van der Waals surface area contributed by atoms with Gasteiger partial charge in [0.1, 0.15) is 5.76 Å². The van der Waals surface area contributed by atoms with Crippen LogP contribution in [0.25, 0.3) is 10.2 Å². The summed E-state index contributed by atoms with van der Waals surface area (Å²) >= 11 is 1.61. The number of aromatic nitrogens is 2. The van der Waals surface area contributed by atoms with Gasteiger partial charge in [-0.25, -0.2) is 4.98 Å². The average Bonchev–Trinajstić information content (AvgIpc) is 3.12. The molecule has 1 saturated heterocycles. The van der Waals surface area contributed by atoms with Gasteiger partial charge in [-0.15, -0.1) is 11.3 Å². The second-order valence-electron chi connectivity index (χ2n) is 7.20. The molecule has 2 amide bonds. The molecule has 0 unspecified atom stereocenters. The number of thiazole rings is 1. The smallest absolute Gasteiger partial charge is 0.231 e. The molecular weight excluding hydrogens is 376 g/mol. The molecule has 4 rings (SSSR count). The fraction of sp³-hybridized carbons (Fsp3) is 0.400. The molecule has 7 nitrogen and oxygen atoms in total. The van der Waals surface area contributed by atoms with Crippen molar-refractivity contribution < 1.29 is 14.1 Å². The van der Waals surface area contributed by atoms with E-state index in [1.54, 1.807) is 16.2 Å². The van der Waals surface area contributed by atoms with Crippen LogP contribution in [0.3, 0.4) is 0 Å². The van der Waals surface area contributed by atoms with E-state index in [4.69, 9.17) is 4.52 Å². The predicted octanol–water partition coefficient (Wildman–Crippen LogP) is 3.24. The first-order chi connectivity index (χ1) is 13.4. The molecule has 8 heteroatoms. The largest absolute Gasteiger partial charge is 0.361 e. The third-order valence-corrected chi connectivity index (χ3v) is 6.07. The summed E-state index contributed by atoms with van der Waals surface area (Å²) in [6.07, 6.45) is 1.01. The molecule has 1 aliphatic heterocycles. The summed E-state index contributed by atoms with van der Waals surface area (Å²) in [4.78, 5) is 31.0. The number of benzene rings is 1. The lowest BCUT2D eigenvalue weighted by molar-refractivity contribution is -0.141. The molecule has 0 aliphatic carbocycles. The highest BCUT2D eigenvalue weighted by Gasteiger charge is 2.35. The van der Waals surface area contributed by atoms with E-state index < -0.39 is 0 Å². The summed E-state index contributed by atoms with van der Waals surface area (Å²) in [6, 6.07) is 5.73. The van der Waals surface area contributed by atoms with Crippen molar-refractivity contribution in [3.8, 4) is 0 Å². The Morgan fingerprint density at radius 3 is 2.79 bits per heavy atom. The number of likely N-dealkylation sites (tertiary alicyclic amines) is 1. The third kappa shape index (κ3) is 3.64. The number of aryl methyl sites for hydroxylation is 3. The number of carbonyl (C=O) groups excluding carboxylic acids is 2. The SMILES string of the molecule is Cc1nc2ccc(NC(=O)C3CN(C(=O)CCc4c(C)noc4C)C3)cc2s1. The summed E-state index contributed by atoms with van der Waals surface area (Å²) < 4.78 is 6.19. The first-order valence-corrected chi connectivity index (χ1v) is 10.1. The van der Waals surface area contributed by atoms with E-state index >= 15 is 0 Å². The first kappa shape index (κ1) is 18.6. The van der Waals surface area contributed by atoms with Crippen LogP contribution in [0.5, 0.6) is 0 Å². The normalized spacial score (nSPS) is 14.3. The van der Waals surface area contributed by atoms with E-state index in [9.17, 15) is 9.59 Å². The van der Waals surface area contributed by atoms with Gasteiger partial charge in [-0.2, -0.15) is 0 Å². The van der Waals surface area contributed by atoms with E-state index in [1.165, 1.54) is 0 Å². The Labute approximate surface area is 166 Å². The minimum Gasteiger partial charge on any atom is -0.361 e. The Morgan fingerprint density at radius 1 is 1.29 bits per heavy atom. The van der Waals surface area contributed by atoms with Crippen molar-refractivity contribution in [2.24, 2.45) is 5.92 Å². The molecule has 0 spiro atoms. The van der Waals surface area contributed by atoms with E-state index in [-0.39, 0.29) is 17.7 Å². The average molecular weight is 398 g/mol. The summed E-state index contributed by atoms with van der Waals surface area (Å²) in [7, 11) is 0. The molecule has 1 fully saturated rings. The highest BCUT2D eigenvalue weighted by Crippen LogP contribution is 2.26. The monoisotopic (exact) mass is 398 g/mol. The molecule has 0 saturated carbocycles. The molecular formula is C20H22N4O3S. The third-order valence-electron chi connectivity index (χ3n) is 5.14. The fourth-order valence-corrected chi connectivity index (χ4v) is 4.33. The highest BCUT2D eigenvalue weighted by atomic mass is 32.1. The molecule has 3 heterocycles. The Morgan fingerprint density at radius 2 is 2.07 bits per heavy atom. The Hall–Kier alpha value is -2.74. The highest BCUT2D eigenvalue weighted by molar-refractivity contribution is 7.18. The second kappa shape index (κ2) is 7.35. The van der Waals surface area contributed by atoms with Gasteiger partial charge in [-0.3, -0.25) is 9.59 Å². The van der Waals surface area contributed by atoms with Crippen LogP contribution >= 0.6 is 11.3 Å². The zero-order valence-electron chi connectivity index (χ0n) is 16.1. The van der Waals surface area contributed by atoms with Crippen molar-refractivity contribution in [2.75, 3.05) is 18.4 Å². The maximum absolute atomic E-state index is 12.5. The number of hydrogen-bond acceptors (Lipinski definition) is 6. The Kier molecular flexibility index (Phi) is 4.89. The van der Waals surface area contributed by atoms with Crippen molar-refractivity contribution in [3.63, 3.8) is 0 Å². The quantitative estimate of drug-likeness (QED) is 0.713. The van der Waals surface area contributed by atoms with Crippen molar-refractivity contribution >= 4 is 39.1 Å². The number of anilines is 1. The second-order valence-corrected chi connectivity index (χ2v) is 8.44. The number of nitrogens with one attached hydrogen (secondary N) is 1. The topological polar surface area (TPSA) is 88.3 Å². The molecule has 2 aromatic heterocycles. The molecule has 0 atom stereocenters. The zero-order chi connectivity index (χ0) is 19.8. The molecule has 1 aromatic carbocycles.